The van der Waals surface area contributed by atoms with E-state index >= 15 is 0 Å². The number of fused-ring (bicyclic) bond motifs is 1. The first kappa shape index (κ1) is 20.3. The van der Waals surface area contributed by atoms with Crippen LogP contribution >= 0.6 is 0 Å². The smallest absolute Gasteiger partial charge is 0.220 e. The van der Waals surface area contributed by atoms with E-state index in [1.54, 1.807) is 0 Å². The summed E-state index contributed by atoms with van der Waals surface area (Å²) in [6.45, 7) is 10.0. The van der Waals surface area contributed by atoms with Crippen molar-refractivity contribution in [2.75, 3.05) is 19.6 Å². The molecule has 28 heavy (non-hydrogen) atoms. The summed E-state index contributed by atoms with van der Waals surface area (Å²) in [5.74, 6) is 1.92. The number of benzene rings is 1. The first-order valence-corrected chi connectivity index (χ1v) is 10.1. The largest absolute Gasteiger partial charge is 0.346 e. The van der Waals surface area contributed by atoms with Crippen molar-refractivity contribution in [3.05, 3.63) is 59.2 Å². The molecule has 0 saturated carbocycles. The standard InChI is InChI=1S/C22H31N5O/c1-17(2)11-13-26-14-12-20-24-25-22(27(20)16-15-26)18(3)23-21(28)10-9-19-7-5-4-6-8-19/h4-8,11,18H,9-10,12-16H2,1-3H3,(H,23,28)/t18-/m0/s1. The topological polar surface area (TPSA) is 63.1 Å². The first-order valence-electron chi connectivity index (χ1n) is 10.1. The summed E-state index contributed by atoms with van der Waals surface area (Å²) >= 11 is 0. The van der Waals surface area contributed by atoms with Crippen LogP contribution in [0.2, 0.25) is 0 Å². The molecule has 1 amide bonds. The SMILES string of the molecule is CC(C)=CCN1CCc2nnc([C@H](C)NC(=O)CCc3ccccc3)n2CC1. The monoisotopic (exact) mass is 381 g/mol. The molecule has 1 N–H and O–H groups in total. The highest BCUT2D eigenvalue weighted by molar-refractivity contribution is 5.76. The van der Waals surface area contributed by atoms with E-state index < -0.39 is 0 Å². The van der Waals surface area contributed by atoms with E-state index in [0.717, 1.165) is 50.7 Å². The predicted octanol–water partition coefficient (Wildman–Crippen LogP) is 2.91. The average Bonchev–Trinajstić information content (AvgIpc) is 2.99. The molecule has 0 unspecified atom stereocenters. The quantitative estimate of drug-likeness (QED) is 0.749. The molecule has 1 atom stereocenters. The number of aromatic nitrogens is 3. The highest BCUT2D eigenvalue weighted by atomic mass is 16.1. The van der Waals surface area contributed by atoms with Crippen LogP contribution < -0.4 is 5.32 Å². The van der Waals surface area contributed by atoms with Crippen molar-refractivity contribution in [2.24, 2.45) is 0 Å². The van der Waals surface area contributed by atoms with Gasteiger partial charge in [-0.05, 0) is 32.8 Å². The van der Waals surface area contributed by atoms with Gasteiger partial charge in [-0.3, -0.25) is 9.69 Å². The lowest BCUT2D eigenvalue weighted by molar-refractivity contribution is -0.121. The second-order valence-corrected chi connectivity index (χ2v) is 7.73. The number of nitrogens with zero attached hydrogens (tertiary/aromatic N) is 4. The third kappa shape index (κ3) is 5.52. The number of hydrogen-bond acceptors (Lipinski definition) is 4. The summed E-state index contributed by atoms with van der Waals surface area (Å²) in [4.78, 5) is 14.8. The number of carbonyl (C=O) groups excluding carboxylic acids is 1. The minimum absolute atomic E-state index is 0.0486. The van der Waals surface area contributed by atoms with Crippen molar-refractivity contribution in [1.82, 2.24) is 25.0 Å². The van der Waals surface area contributed by atoms with E-state index in [1.165, 1.54) is 11.1 Å². The van der Waals surface area contributed by atoms with Gasteiger partial charge in [0, 0.05) is 39.0 Å². The minimum atomic E-state index is -0.145. The van der Waals surface area contributed by atoms with E-state index in [0.29, 0.717) is 6.42 Å². The molecule has 1 aliphatic heterocycles. The van der Waals surface area contributed by atoms with Gasteiger partial charge in [0.1, 0.15) is 5.82 Å². The molecule has 0 saturated heterocycles. The average molecular weight is 382 g/mol. The lowest BCUT2D eigenvalue weighted by Crippen LogP contribution is -2.30. The van der Waals surface area contributed by atoms with Gasteiger partial charge in [-0.1, -0.05) is 42.0 Å². The minimum Gasteiger partial charge on any atom is -0.346 e. The van der Waals surface area contributed by atoms with Crippen LogP contribution in [0.5, 0.6) is 0 Å². The maximum Gasteiger partial charge on any atom is 0.220 e. The van der Waals surface area contributed by atoms with Crippen LogP contribution in [0.4, 0.5) is 0 Å². The van der Waals surface area contributed by atoms with Crippen molar-refractivity contribution in [2.45, 2.75) is 52.6 Å². The molecule has 2 heterocycles. The number of carbonyl (C=O) groups is 1. The molecule has 1 aromatic carbocycles. The summed E-state index contributed by atoms with van der Waals surface area (Å²) in [6.07, 6.45) is 4.38. The number of aryl methyl sites for hydroxylation is 1. The zero-order chi connectivity index (χ0) is 19.9. The van der Waals surface area contributed by atoms with E-state index in [9.17, 15) is 4.79 Å². The van der Waals surface area contributed by atoms with Gasteiger partial charge in [0.05, 0.1) is 6.04 Å². The Kier molecular flexibility index (Phi) is 6.98. The molecule has 0 radical (unpaired) electrons. The zero-order valence-corrected chi connectivity index (χ0v) is 17.2. The molecule has 6 nitrogen and oxygen atoms in total. The summed E-state index contributed by atoms with van der Waals surface area (Å²) in [5, 5.41) is 11.9. The van der Waals surface area contributed by atoms with E-state index in [1.807, 2.05) is 25.1 Å². The Balaban J connectivity index is 1.56. The van der Waals surface area contributed by atoms with E-state index in [-0.39, 0.29) is 11.9 Å². The summed E-state index contributed by atoms with van der Waals surface area (Å²) in [6, 6.07) is 9.95. The number of allylic oxidation sites excluding steroid dienone is 1. The van der Waals surface area contributed by atoms with Gasteiger partial charge in [0.25, 0.3) is 0 Å². The van der Waals surface area contributed by atoms with Crippen molar-refractivity contribution in [1.29, 1.82) is 0 Å². The van der Waals surface area contributed by atoms with Crippen LogP contribution in [0.1, 0.15) is 50.4 Å². The molecule has 3 rings (SSSR count). The van der Waals surface area contributed by atoms with Crippen LogP contribution in [-0.4, -0.2) is 45.2 Å². The summed E-state index contributed by atoms with van der Waals surface area (Å²) < 4.78 is 2.19. The molecule has 6 heteroatoms. The maximum atomic E-state index is 12.4. The van der Waals surface area contributed by atoms with E-state index in [4.69, 9.17) is 0 Å². The Morgan fingerprint density at radius 2 is 1.96 bits per heavy atom. The van der Waals surface area contributed by atoms with Crippen LogP contribution in [-0.2, 0) is 24.2 Å². The molecule has 0 fully saturated rings. The van der Waals surface area contributed by atoms with Crippen LogP contribution in [0.15, 0.2) is 42.0 Å². The third-order valence-corrected chi connectivity index (χ3v) is 5.15. The van der Waals surface area contributed by atoms with Gasteiger partial charge in [0.15, 0.2) is 5.82 Å². The fourth-order valence-corrected chi connectivity index (χ4v) is 3.48. The van der Waals surface area contributed by atoms with Crippen molar-refractivity contribution < 1.29 is 4.79 Å². The Morgan fingerprint density at radius 3 is 2.71 bits per heavy atom. The number of nitrogens with one attached hydrogen (secondary N) is 1. The van der Waals surface area contributed by atoms with Crippen LogP contribution in [0.25, 0.3) is 0 Å². The lowest BCUT2D eigenvalue weighted by atomic mass is 10.1. The molecular formula is C22H31N5O. The van der Waals surface area contributed by atoms with Crippen LogP contribution in [0.3, 0.4) is 0 Å². The van der Waals surface area contributed by atoms with Gasteiger partial charge in [0.2, 0.25) is 5.91 Å². The number of hydrogen-bond donors (Lipinski definition) is 1. The second kappa shape index (κ2) is 9.64. The number of rotatable bonds is 7. The summed E-state index contributed by atoms with van der Waals surface area (Å²) in [5.41, 5.74) is 2.52. The Bertz CT molecular complexity index is 808. The molecule has 1 aliphatic rings. The highest BCUT2D eigenvalue weighted by Crippen LogP contribution is 2.16. The Morgan fingerprint density at radius 1 is 1.18 bits per heavy atom. The molecule has 150 valence electrons. The van der Waals surface area contributed by atoms with Gasteiger partial charge in [-0.15, -0.1) is 10.2 Å². The van der Waals surface area contributed by atoms with Crippen molar-refractivity contribution in [3.8, 4) is 0 Å². The Hall–Kier alpha value is -2.47. The second-order valence-electron chi connectivity index (χ2n) is 7.73. The third-order valence-electron chi connectivity index (χ3n) is 5.15. The molecule has 2 aromatic rings. The molecule has 1 aromatic heterocycles. The fourth-order valence-electron chi connectivity index (χ4n) is 3.48. The van der Waals surface area contributed by atoms with Crippen molar-refractivity contribution >= 4 is 5.91 Å². The lowest BCUT2D eigenvalue weighted by Gasteiger charge is -2.18. The van der Waals surface area contributed by atoms with Crippen molar-refractivity contribution in [3.63, 3.8) is 0 Å². The van der Waals surface area contributed by atoms with Gasteiger partial charge < -0.3 is 9.88 Å². The predicted molar refractivity (Wildman–Crippen MR) is 111 cm³/mol. The normalized spacial score (nSPS) is 15.4. The maximum absolute atomic E-state index is 12.4. The van der Waals surface area contributed by atoms with Gasteiger partial charge in [-0.2, -0.15) is 0 Å². The van der Waals surface area contributed by atoms with Gasteiger partial charge in [-0.25, -0.2) is 0 Å². The molecule has 0 spiro atoms. The Labute approximate surface area is 167 Å². The van der Waals surface area contributed by atoms with Gasteiger partial charge >= 0.3 is 0 Å². The molecule has 0 aliphatic carbocycles. The molecular weight excluding hydrogens is 350 g/mol. The zero-order valence-electron chi connectivity index (χ0n) is 17.2. The van der Waals surface area contributed by atoms with Crippen LogP contribution in [0, 0.1) is 0 Å². The summed E-state index contributed by atoms with van der Waals surface area (Å²) in [7, 11) is 0. The first-order chi connectivity index (χ1) is 13.5. The number of amides is 1. The fraction of sp³-hybridized carbons (Fsp3) is 0.500. The molecule has 0 bridgehead atoms. The highest BCUT2D eigenvalue weighted by Gasteiger charge is 2.22. The van der Waals surface area contributed by atoms with E-state index in [2.05, 4.69) is 57.0 Å².